The highest BCUT2D eigenvalue weighted by Crippen LogP contribution is 2.27. The van der Waals surface area contributed by atoms with Gasteiger partial charge in [0.1, 0.15) is 0 Å². The Morgan fingerprint density at radius 2 is 2.14 bits per heavy atom. The lowest BCUT2D eigenvalue weighted by Crippen LogP contribution is -2.57. The first-order chi connectivity index (χ1) is 9.96. The Morgan fingerprint density at radius 1 is 1.48 bits per heavy atom. The van der Waals surface area contributed by atoms with Gasteiger partial charge in [0.25, 0.3) is 0 Å². The molecule has 1 saturated heterocycles. The molecular formula is C15H22N2O4. The average Bonchev–Trinajstić information content (AvgIpc) is 2.47. The van der Waals surface area contributed by atoms with Gasteiger partial charge < -0.3 is 25.2 Å². The lowest BCUT2D eigenvalue weighted by Gasteiger charge is -2.35. The van der Waals surface area contributed by atoms with Crippen LogP contribution in [0.2, 0.25) is 0 Å². The Hall–Kier alpha value is -1.79. The minimum atomic E-state index is -0.846. The molecule has 6 nitrogen and oxygen atoms in total. The van der Waals surface area contributed by atoms with Gasteiger partial charge in [0.15, 0.2) is 11.5 Å². The number of nitrogens with zero attached hydrogens (tertiary/aromatic N) is 1. The molecule has 1 aromatic carbocycles. The molecule has 1 aromatic rings. The van der Waals surface area contributed by atoms with Gasteiger partial charge in [-0.05, 0) is 30.5 Å². The predicted octanol–water partition coefficient (Wildman–Crippen LogP) is 0.867. The number of rotatable bonds is 4. The lowest BCUT2D eigenvalue weighted by molar-refractivity contribution is -0.139. The molecule has 116 valence electrons. The van der Waals surface area contributed by atoms with E-state index in [2.05, 4.69) is 0 Å². The first-order valence-corrected chi connectivity index (χ1v) is 6.94. The lowest BCUT2D eigenvalue weighted by atomic mass is 9.89. The molecule has 6 heteroatoms. The first kappa shape index (κ1) is 15.6. The Balaban J connectivity index is 2.05. The predicted molar refractivity (Wildman–Crippen MR) is 78.1 cm³/mol. The van der Waals surface area contributed by atoms with Gasteiger partial charge in [-0.1, -0.05) is 6.07 Å². The van der Waals surface area contributed by atoms with Crippen LogP contribution in [0.1, 0.15) is 18.4 Å². The van der Waals surface area contributed by atoms with Crippen LogP contribution in [0.15, 0.2) is 18.2 Å². The van der Waals surface area contributed by atoms with Crippen molar-refractivity contribution in [2.24, 2.45) is 5.73 Å². The molecule has 1 amide bonds. The largest absolute Gasteiger partial charge is 0.504 e. The van der Waals surface area contributed by atoms with E-state index in [1.165, 1.54) is 7.11 Å². The van der Waals surface area contributed by atoms with E-state index in [9.17, 15) is 9.90 Å². The highest BCUT2D eigenvalue weighted by molar-refractivity contribution is 5.86. The molecule has 0 unspecified atom stereocenters. The van der Waals surface area contributed by atoms with Gasteiger partial charge in [-0.3, -0.25) is 4.79 Å². The molecule has 0 radical (unpaired) electrons. The maximum absolute atomic E-state index is 12.5. The van der Waals surface area contributed by atoms with Crippen molar-refractivity contribution in [3.63, 3.8) is 0 Å². The van der Waals surface area contributed by atoms with Crippen molar-refractivity contribution in [3.8, 4) is 11.5 Å². The van der Waals surface area contributed by atoms with Gasteiger partial charge in [-0.2, -0.15) is 0 Å². The summed E-state index contributed by atoms with van der Waals surface area (Å²) in [6, 6.07) is 5.08. The van der Waals surface area contributed by atoms with Crippen molar-refractivity contribution in [1.29, 1.82) is 0 Å². The third-order valence-corrected chi connectivity index (χ3v) is 3.82. The zero-order chi connectivity index (χ0) is 15.5. The third kappa shape index (κ3) is 3.46. The summed E-state index contributed by atoms with van der Waals surface area (Å²) in [5.41, 5.74) is 6.17. The number of hydrogen-bond donors (Lipinski definition) is 2. The number of nitrogens with two attached hydrogens (primary N) is 1. The van der Waals surface area contributed by atoms with E-state index >= 15 is 0 Å². The van der Waals surface area contributed by atoms with Gasteiger partial charge in [0, 0.05) is 26.8 Å². The molecule has 21 heavy (non-hydrogen) atoms. The van der Waals surface area contributed by atoms with Crippen LogP contribution in [0.4, 0.5) is 0 Å². The monoisotopic (exact) mass is 294 g/mol. The molecule has 0 aromatic heterocycles. The second-order valence-corrected chi connectivity index (χ2v) is 5.44. The minimum Gasteiger partial charge on any atom is -0.504 e. The first-order valence-electron chi connectivity index (χ1n) is 6.94. The van der Waals surface area contributed by atoms with Crippen LogP contribution in [0.25, 0.3) is 0 Å². The SMILES string of the molecule is COc1ccc(CN(C)C(=O)C2(N)CCOCC2)cc1O. The second-order valence-electron chi connectivity index (χ2n) is 5.44. The number of ether oxygens (including phenoxy) is 2. The van der Waals surface area contributed by atoms with E-state index in [4.69, 9.17) is 15.2 Å². The summed E-state index contributed by atoms with van der Waals surface area (Å²) in [6.07, 6.45) is 1.06. The summed E-state index contributed by atoms with van der Waals surface area (Å²) < 4.78 is 10.3. The molecule has 0 saturated carbocycles. The highest BCUT2D eigenvalue weighted by atomic mass is 16.5. The molecular weight excluding hydrogens is 272 g/mol. The summed E-state index contributed by atoms with van der Waals surface area (Å²) in [4.78, 5) is 14.1. The smallest absolute Gasteiger partial charge is 0.242 e. The Morgan fingerprint density at radius 3 is 2.71 bits per heavy atom. The van der Waals surface area contributed by atoms with Crippen LogP contribution in [-0.4, -0.2) is 48.8 Å². The number of phenols is 1. The fourth-order valence-corrected chi connectivity index (χ4v) is 2.51. The van der Waals surface area contributed by atoms with E-state index < -0.39 is 5.54 Å². The maximum atomic E-state index is 12.5. The summed E-state index contributed by atoms with van der Waals surface area (Å²) in [7, 11) is 3.21. The maximum Gasteiger partial charge on any atom is 0.242 e. The quantitative estimate of drug-likeness (QED) is 0.860. The van der Waals surface area contributed by atoms with E-state index in [0.29, 0.717) is 38.3 Å². The van der Waals surface area contributed by atoms with Gasteiger partial charge in [0.2, 0.25) is 5.91 Å². The number of carbonyl (C=O) groups excluding carboxylic acids is 1. The summed E-state index contributed by atoms with van der Waals surface area (Å²) in [5, 5.41) is 9.77. The standard InChI is InChI=1S/C15H22N2O4/c1-17(14(19)15(16)5-7-21-8-6-15)10-11-3-4-13(20-2)12(18)9-11/h3-4,9,18H,5-8,10,16H2,1-2H3. The van der Waals surface area contributed by atoms with Crippen molar-refractivity contribution in [3.05, 3.63) is 23.8 Å². The number of carbonyl (C=O) groups is 1. The molecule has 1 fully saturated rings. The molecule has 1 aliphatic heterocycles. The van der Waals surface area contributed by atoms with Crippen LogP contribution in [-0.2, 0) is 16.1 Å². The number of aromatic hydroxyl groups is 1. The van der Waals surface area contributed by atoms with Crippen LogP contribution in [0.5, 0.6) is 11.5 Å². The van der Waals surface area contributed by atoms with E-state index in [1.807, 2.05) is 6.07 Å². The number of amides is 1. The van der Waals surface area contributed by atoms with E-state index in [1.54, 1.807) is 24.1 Å². The number of likely N-dealkylation sites (N-methyl/N-ethyl adjacent to an activating group) is 1. The van der Waals surface area contributed by atoms with Crippen LogP contribution >= 0.6 is 0 Å². The van der Waals surface area contributed by atoms with Crippen molar-refractivity contribution >= 4 is 5.91 Å². The fourth-order valence-electron chi connectivity index (χ4n) is 2.51. The number of benzene rings is 1. The molecule has 0 aliphatic carbocycles. The van der Waals surface area contributed by atoms with E-state index in [-0.39, 0.29) is 11.7 Å². The Bertz CT molecular complexity index is 512. The number of hydrogen-bond acceptors (Lipinski definition) is 5. The highest BCUT2D eigenvalue weighted by Gasteiger charge is 2.37. The van der Waals surface area contributed by atoms with Crippen LogP contribution < -0.4 is 10.5 Å². The zero-order valence-corrected chi connectivity index (χ0v) is 12.5. The Labute approximate surface area is 124 Å². The third-order valence-electron chi connectivity index (χ3n) is 3.82. The van der Waals surface area contributed by atoms with Gasteiger partial charge >= 0.3 is 0 Å². The molecule has 2 rings (SSSR count). The molecule has 0 atom stereocenters. The van der Waals surface area contributed by atoms with Crippen molar-refractivity contribution in [2.45, 2.75) is 24.9 Å². The molecule has 1 aliphatic rings. The van der Waals surface area contributed by atoms with Gasteiger partial charge in [0.05, 0.1) is 12.6 Å². The van der Waals surface area contributed by atoms with Crippen molar-refractivity contribution < 1.29 is 19.4 Å². The van der Waals surface area contributed by atoms with Gasteiger partial charge in [-0.25, -0.2) is 0 Å². The minimum absolute atomic E-state index is 0.0596. The normalized spacial score (nSPS) is 17.3. The average molecular weight is 294 g/mol. The van der Waals surface area contributed by atoms with Crippen molar-refractivity contribution in [1.82, 2.24) is 4.90 Å². The summed E-state index contributed by atoms with van der Waals surface area (Å²) in [6.45, 7) is 1.41. The number of phenolic OH excluding ortho intramolecular Hbond substituents is 1. The summed E-state index contributed by atoms with van der Waals surface area (Å²) in [5.74, 6) is 0.373. The van der Waals surface area contributed by atoms with Crippen LogP contribution in [0, 0.1) is 0 Å². The summed E-state index contributed by atoms with van der Waals surface area (Å²) >= 11 is 0. The molecule has 0 spiro atoms. The van der Waals surface area contributed by atoms with Crippen molar-refractivity contribution in [2.75, 3.05) is 27.4 Å². The molecule has 3 N–H and O–H groups in total. The number of methoxy groups -OCH3 is 1. The second kappa shape index (κ2) is 6.32. The van der Waals surface area contributed by atoms with Gasteiger partial charge in [-0.15, -0.1) is 0 Å². The topological polar surface area (TPSA) is 85.0 Å². The van der Waals surface area contributed by atoms with E-state index in [0.717, 1.165) is 5.56 Å². The molecule has 1 heterocycles. The zero-order valence-electron chi connectivity index (χ0n) is 12.5. The van der Waals surface area contributed by atoms with Crippen LogP contribution in [0.3, 0.4) is 0 Å². The Kier molecular flexibility index (Phi) is 4.69. The molecule has 0 bridgehead atoms. The fraction of sp³-hybridized carbons (Fsp3) is 0.533.